The molecule has 0 bridgehead atoms. The highest BCUT2D eigenvalue weighted by Gasteiger charge is 2.25. The van der Waals surface area contributed by atoms with Crippen molar-refractivity contribution in [1.82, 2.24) is 5.32 Å². The summed E-state index contributed by atoms with van der Waals surface area (Å²) in [6.45, 7) is 5.20. The van der Waals surface area contributed by atoms with Crippen LogP contribution in [-0.2, 0) is 11.3 Å². The first-order valence-corrected chi connectivity index (χ1v) is 8.04. The summed E-state index contributed by atoms with van der Waals surface area (Å²) in [6, 6.07) is 8.64. The Balaban J connectivity index is 1.57. The maximum absolute atomic E-state index is 5.73. The zero-order valence-corrected chi connectivity index (χ0v) is 12.2. The maximum atomic E-state index is 5.73. The van der Waals surface area contributed by atoms with Gasteiger partial charge in [-0.2, -0.15) is 0 Å². The number of ether oxygens (including phenoxy) is 1. The summed E-state index contributed by atoms with van der Waals surface area (Å²) in [6.07, 6.45) is 2.80. The highest BCUT2D eigenvalue weighted by molar-refractivity contribution is 7.17. The third-order valence-corrected chi connectivity index (χ3v) is 5.04. The third-order valence-electron chi connectivity index (χ3n) is 4.03. The van der Waals surface area contributed by atoms with Crippen molar-refractivity contribution in [3.05, 3.63) is 35.2 Å². The monoisotopic (exact) mass is 275 g/mol. The predicted molar refractivity (Wildman–Crippen MR) is 81.7 cm³/mol. The van der Waals surface area contributed by atoms with Crippen LogP contribution in [-0.4, -0.2) is 19.3 Å². The fraction of sp³-hybridized carbons (Fsp3) is 0.500. The number of hydrogen-bond acceptors (Lipinski definition) is 3. The lowest BCUT2D eigenvalue weighted by molar-refractivity contribution is 0.0872. The second kappa shape index (κ2) is 6.04. The summed E-state index contributed by atoms with van der Waals surface area (Å²) < 4.78 is 7.12. The van der Waals surface area contributed by atoms with E-state index >= 15 is 0 Å². The first kappa shape index (κ1) is 13.1. The predicted octanol–water partition coefficient (Wildman–Crippen LogP) is 3.81. The average Bonchev–Trinajstić information content (AvgIpc) is 3.06. The van der Waals surface area contributed by atoms with E-state index in [4.69, 9.17) is 4.74 Å². The summed E-state index contributed by atoms with van der Waals surface area (Å²) in [7, 11) is 0. The minimum atomic E-state index is 0.465. The van der Waals surface area contributed by atoms with E-state index in [0.29, 0.717) is 12.0 Å². The van der Waals surface area contributed by atoms with E-state index in [-0.39, 0.29) is 0 Å². The molecule has 2 heterocycles. The summed E-state index contributed by atoms with van der Waals surface area (Å²) in [5.74, 6) is 0.690. The topological polar surface area (TPSA) is 21.3 Å². The summed E-state index contributed by atoms with van der Waals surface area (Å²) >= 11 is 1.84. The SMILES string of the molecule is CCC1OCCC1CNCc1csc2ccccc12. The minimum absolute atomic E-state index is 0.465. The lowest BCUT2D eigenvalue weighted by atomic mass is 9.99. The van der Waals surface area contributed by atoms with Gasteiger partial charge in [0.25, 0.3) is 0 Å². The number of thiophene rings is 1. The van der Waals surface area contributed by atoms with Crippen LogP contribution in [0.25, 0.3) is 10.1 Å². The van der Waals surface area contributed by atoms with Gasteiger partial charge in [-0.15, -0.1) is 11.3 Å². The molecule has 1 aromatic heterocycles. The molecule has 1 fully saturated rings. The first-order valence-electron chi connectivity index (χ1n) is 7.16. The van der Waals surface area contributed by atoms with E-state index in [1.54, 1.807) is 0 Å². The van der Waals surface area contributed by atoms with E-state index in [1.165, 1.54) is 22.1 Å². The smallest absolute Gasteiger partial charge is 0.0613 e. The van der Waals surface area contributed by atoms with Crippen molar-refractivity contribution in [3.63, 3.8) is 0 Å². The lowest BCUT2D eigenvalue weighted by Crippen LogP contribution is -2.27. The second-order valence-corrected chi connectivity index (χ2v) is 6.17. The van der Waals surface area contributed by atoms with Crippen LogP contribution in [0.3, 0.4) is 0 Å². The summed E-state index contributed by atoms with van der Waals surface area (Å²) in [5.41, 5.74) is 1.42. The van der Waals surface area contributed by atoms with Crippen LogP contribution in [0.5, 0.6) is 0 Å². The number of nitrogens with one attached hydrogen (secondary N) is 1. The van der Waals surface area contributed by atoms with Crippen molar-refractivity contribution in [3.8, 4) is 0 Å². The van der Waals surface area contributed by atoms with Gasteiger partial charge in [-0.05, 0) is 41.2 Å². The van der Waals surface area contributed by atoms with Gasteiger partial charge in [0.1, 0.15) is 0 Å². The fourth-order valence-corrected chi connectivity index (χ4v) is 3.90. The molecule has 102 valence electrons. The van der Waals surface area contributed by atoms with Crippen LogP contribution < -0.4 is 5.32 Å². The standard InChI is InChI=1S/C16H21NOS/c1-2-15-12(7-8-18-15)9-17-10-13-11-19-16-6-4-3-5-14(13)16/h3-6,11-12,15,17H,2,7-10H2,1H3. The van der Waals surface area contributed by atoms with Gasteiger partial charge in [0.05, 0.1) is 6.10 Å². The molecule has 1 N–H and O–H groups in total. The molecule has 1 saturated heterocycles. The molecule has 0 aliphatic carbocycles. The van der Waals surface area contributed by atoms with Crippen LogP contribution in [0.15, 0.2) is 29.6 Å². The largest absolute Gasteiger partial charge is 0.378 e. The zero-order chi connectivity index (χ0) is 13.1. The molecule has 1 aromatic carbocycles. The van der Waals surface area contributed by atoms with Crippen LogP contribution in [0.4, 0.5) is 0 Å². The number of hydrogen-bond donors (Lipinski definition) is 1. The molecule has 2 unspecified atom stereocenters. The molecular weight excluding hydrogens is 254 g/mol. The molecule has 3 heteroatoms. The van der Waals surface area contributed by atoms with Crippen molar-refractivity contribution >= 4 is 21.4 Å². The highest BCUT2D eigenvalue weighted by Crippen LogP contribution is 2.26. The maximum Gasteiger partial charge on any atom is 0.0613 e. The number of fused-ring (bicyclic) bond motifs is 1. The minimum Gasteiger partial charge on any atom is -0.378 e. The van der Waals surface area contributed by atoms with Crippen molar-refractivity contribution in [2.24, 2.45) is 5.92 Å². The van der Waals surface area contributed by atoms with Crippen LogP contribution in [0.1, 0.15) is 25.3 Å². The Morgan fingerprint density at radius 2 is 2.26 bits per heavy atom. The zero-order valence-electron chi connectivity index (χ0n) is 11.4. The van der Waals surface area contributed by atoms with Crippen LogP contribution >= 0.6 is 11.3 Å². The summed E-state index contributed by atoms with van der Waals surface area (Å²) in [5, 5.41) is 7.29. The molecule has 2 nitrogen and oxygen atoms in total. The van der Waals surface area contributed by atoms with Gasteiger partial charge in [-0.25, -0.2) is 0 Å². The molecule has 19 heavy (non-hydrogen) atoms. The Hall–Kier alpha value is -0.900. The quantitative estimate of drug-likeness (QED) is 0.896. The molecule has 1 aliphatic rings. The van der Waals surface area contributed by atoms with Gasteiger partial charge in [-0.3, -0.25) is 0 Å². The van der Waals surface area contributed by atoms with Gasteiger partial charge < -0.3 is 10.1 Å². The number of benzene rings is 1. The Morgan fingerprint density at radius 1 is 1.37 bits per heavy atom. The second-order valence-electron chi connectivity index (χ2n) is 5.25. The Kier molecular flexibility index (Phi) is 4.16. The van der Waals surface area contributed by atoms with Gasteiger partial charge in [0.2, 0.25) is 0 Å². The van der Waals surface area contributed by atoms with E-state index in [9.17, 15) is 0 Å². The van der Waals surface area contributed by atoms with Crippen LogP contribution in [0.2, 0.25) is 0 Å². The summed E-state index contributed by atoms with van der Waals surface area (Å²) in [4.78, 5) is 0. The highest BCUT2D eigenvalue weighted by atomic mass is 32.1. The van der Waals surface area contributed by atoms with E-state index < -0.39 is 0 Å². The van der Waals surface area contributed by atoms with Gasteiger partial charge >= 0.3 is 0 Å². The normalized spacial score (nSPS) is 23.2. The van der Waals surface area contributed by atoms with Crippen molar-refractivity contribution in [2.45, 2.75) is 32.4 Å². The van der Waals surface area contributed by atoms with Crippen molar-refractivity contribution < 1.29 is 4.74 Å². The molecule has 3 rings (SSSR count). The molecule has 0 amide bonds. The van der Waals surface area contributed by atoms with E-state index in [0.717, 1.165) is 26.1 Å². The van der Waals surface area contributed by atoms with E-state index in [2.05, 4.69) is 41.9 Å². The van der Waals surface area contributed by atoms with Crippen LogP contribution in [0, 0.1) is 5.92 Å². The molecule has 1 aliphatic heterocycles. The molecule has 0 saturated carbocycles. The van der Waals surface area contributed by atoms with Gasteiger partial charge in [0.15, 0.2) is 0 Å². The van der Waals surface area contributed by atoms with Gasteiger partial charge in [-0.1, -0.05) is 25.1 Å². The fourth-order valence-electron chi connectivity index (χ4n) is 2.94. The molecule has 2 aromatic rings. The van der Waals surface area contributed by atoms with Crippen molar-refractivity contribution in [1.29, 1.82) is 0 Å². The molecular formula is C16H21NOS. The molecule has 0 spiro atoms. The Bertz CT molecular complexity index is 536. The van der Waals surface area contributed by atoms with E-state index in [1.807, 2.05) is 11.3 Å². The third kappa shape index (κ3) is 2.83. The van der Waals surface area contributed by atoms with Crippen molar-refractivity contribution in [2.75, 3.05) is 13.2 Å². The molecule has 0 radical (unpaired) electrons. The number of rotatable bonds is 5. The lowest BCUT2D eigenvalue weighted by Gasteiger charge is -2.17. The Labute approximate surface area is 118 Å². The molecule has 2 atom stereocenters. The first-order chi connectivity index (χ1) is 9.38. The van der Waals surface area contributed by atoms with Gasteiger partial charge in [0, 0.05) is 24.4 Å². The average molecular weight is 275 g/mol. The Morgan fingerprint density at radius 3 is 3.16 bits per heavy atom.